The van der Waals surface area contributed by atoms with Crippen molar-refractivity contribution in [3.63, 3.8) is 0 Å². The first kappa shape index (κ1) is 18.0. The summed E-state index contributed by atoms with van der Waals surface area (Å²) in [7, 11) is 5.51. The molecular formula is C16H14O6S2. The van der Waals surface area contributed by atoms with Gasteiger partial charge in [0.05, 0.1) is 24.7 Å². The summed E-state index contributed by atoms with van der Waals surface area (Å²) in [6, 6.07) is 9.87. The van der Waals surface area contributed by atoms with Gasteiger partial charge < -0.3 is 19.3 Å². The number of rotatable bonds is 8. The second-order valence-electron chi connectivity index (χ2n) is 4.36. The summed E-state index contributed by atoms with van der Waals surface area (Å²) in [4.78, 5) is 23.3. The largest absolute Gasteiger partial charge is 0.497 e. The fraction of sp³-hybridized carbons (Fsp3) is 0.125. The van der Waals surface area contributed by atoms with E-state index in [4.69, 9.17) is 14.2 Å². The highest BCUT2D eigenvalue weighted by atomic mass is 33.1. The van der Waals surface area contributed by atoms with Crippen molar-refractivity contribution in [2.45, 2.75) is 9.79 Å². The van der Waals surface area contributed by atoms with Gasteiger partial charge in [0.25, 0.3) is 6.47 Å². The molecular weight excluding hydrogens is 352 g/mol. The molecule has 6 nitrogen and oxygen atoms in total. The fourth-order valence-electron chi connectivity index (χ4n) is 1.79. The summed E-state index contributed by atoms with van der Waals surface area (Å²) in [5, 5.41) is 9.32. The number of carbonyl (C=O) groups is 2. The third-order valence-corrected chi connectivity index (χ3v) is 5.43. The molecule has 0 fully saturated rings. The molecule has 0 aliphatic rings. The van der Waals surface area contributed by atoms with Crippen LogP contribution in [0, 0.1) is 0 Å². The zero-order chi connectivity index (χ0) is 17.5. The van der Waals surface area contributed by atoms with Crippen LogP contribution >= 0.6 is 21.6 Å². The van der Waals surface area contributed by atoms with Gasteiger partial charge in [-0.15, -0.1) is 0 Å². The number of hydrogen-bond acceptors (Lipinski definition) is 7. The molecule has 24 heavy (non-hydrogen) atoms. The van der Waals surface area contributed by atoms with Crippen molar-refractivity contribution < 1.29 is 28.9 Å². The number of aromatic carboxylic acids is 1. The van der Waals surface area contributed by atoms with E-state index in [1.165, 1.54) is 41.9 Å². The second kappa shape index (κ2) is 8.51. The number of benzene rings is 2. The van der Waals surface area contributed by atoms with Crippen molar-refractivity contribution in [1.29, 1.82) is 0 Å². The van der Waals surface area contributed by atoms with Crippen LogP contribution in [0.1, 0.15) is 10.4 Å². The van der Waals surface area contributed by atoms with Crippen molar-refractivity contribution >= 4 is 34.0 Å². The molecule has 0 spiro atoms. The van der Waals surface area contributed by atoms with Crippen molar-refractivity contribution in [2.75, 3.05) is 14.2 Å². The molecule has 2 aromatic carbocycles. The van der Waals surface area contributed by atoms with Gasteiger partial charge in [-0.1, -0.05) is 10.8 Å². The van der Waals surface area contributed by atoms with E-state index in [2.05, 4.69) is 0 Å². The van der Waals surface area contributed by atoms with Gasteiger partial charge in [0.2, 0.25) is 0 Å². The van der Waals surface area contributed by atoms with Gasteiger partial charge in [-0.2, -0.15) is 0 Å². The Bertz CT molecular complexity index is 747. The molecule has 0 radical (unpaired) electrons. The van der Waals surface area contributed by atoms with E-state index in [0.29, 0.717) is 33.5 Å². The Hall–Kier alpha value is -2.32. The lowest BCUT2D eigenvalue weighted by atomic mass is 10.2. The first-order valence-electron chi connectivity index (χ1n) is 6.63. The van der Waals surface area contributed by atoms with E-state index in [9.17, 15) is 14.7 Å². The summed E-state index contributed by atoms with van der Waals surface area (Å²) >= 11 is 0. The number of ether oxygens (including phenoxy) is 3. The molecule has 126 valence electrons. The second-order valence-corrected chi connectivity index (χ2v) is 6.57. The number of carboxylic acids is 1. The minimum Gasteiger partial charge on any atom is -0.497 e. The van der Waals surface area contributed by atoms with Crippen molar-refractivity contribution in [3.8, 4) is 17.2 Å². The number of carbonyl (C=O) groups excluding carboxylic acids is 1. The molecule has 0 aliphatic carbocycles. The van der Waals surface area contributed by atoms with Crippen LogP contribution in [0.4, 0.5) is 0 Å². The maximum absolute atomic E-state index is 11.4. The Morgan fingerprint density at radius 2 is 1.58 bits per heavy atom. The summed E-state index contributed by atoms with van der Waals surface area (Å²) in [5.74, 6) is 0.316. The third kappa shape index (κ3) is 4.36. The first-order chi connectivity index (χ1) is 11.6. The van der Waals surface area contributed by atoms with Gasteiger partial charge in [0, 0.05) is 11.0 Å². The van der Waals surface area contributed by atoms with Crippen LogP contribution < -0.4 is 14.2 Å². The lowest BCUT2D eigenvalue weighted by molar-refractivity contribution is -0.120. The molecule has 2 aromatic rings. The minimum absolute atomic E-state index is 0.137. The highest BCUT2D eigenvalue weighted by molar-refractivity contribution is 8.76. The van der Waals surface area contributed by atoms with Crippen LogP contribution in [0.2, 0.25) is 0 Å². The SMILES string of the molecule is COc1ccc(SSc2ccc(OC)cc2C(=O)O)c(OC=O)c1. The van der Waals surface area contributed by atoms with Gasteiger partial charge >= 0.3 is 5.97 Å². The average molecular weight is 366 g/mol. The number of methoxy groups -OCH3 is 2. The van der Waals surface area contributed by atoms with E-state index in [1.54, 1.807) is 30.3 Å². The normalized spacial score (nSPS) is 10.1. The van der Waals surface area contributed by atoms with Crippen molar-refractivity contribution in [3.05, 3.63) is 42.0 Å². The maximum atomic E-state index is 11.4. The van der Waals surface area contributed by atoms with Gasteiger partial charge in [0.15, 0.2) is 0 Å². The number of hydrogen-bond donors (Lipinski definition) is 1. The summed E-state index contributed by atoms with van der Waals surface area (Å²) in [6.07, 6.45) is 0. The predicted molar refractivity (Wildman–Crippen MR) is 91.4 cm³/mol. The minimum atomic E-state index is -1.05. The van der Waals surface area contributed by atoms with Crippen LogP contribution in [-0.4, -0.2) is 31.8 Å². The number of carboxylic acid groups (broad SMARTS) is 1. The molecule has 0 unspecified atom stereocenters. The van der Waals surface area contributed by atoms with Gasteiger partial charge in [0.1, 0.15) is 17.2 Å². The molecule has 0 saturated carbocycles. The molecule has 2 rings (SSSR count). The molecule has 0 aliphatic heterocycles. The van der Waals surface area contributed by atoms with E-state index in [-0.39, 0.29) is 5.56 Å². The highest BCUT2D eigenvalue weighted by Crippen LogP contribution is 2.44. The van der Waals surface area contributed by atoms with E-state index in [0.717, 1.165) is 0 Å². The van der Waals surface area contributed by atoms with Crippen molar-refractivity contribution in [2.24, 2.45) is 0 Å². The molecule has 0 heterocycles. The average Bonchev–Trinajstić information content (AvgIpc) is 2.60. The standard InChI is InChI=1S/C16H14O6S2/c1-20-10-3-5-14(12(7-10)16(18)19)23-24-15-6-4-11(21-2)8-13(15)22-9-17/h3-9H,1-2H3,(H,18,19). The Kier molecular flexibility index (Phi) is 6.39. The smallest absolute Gasteiger partial charge is 0.336 e. The summed E-state index contributed by atoms with van der Waals surface area (Å²) in [5.41, 5.74) is 0.137. The van der Waals surface area contributed by atoms with Crippen LogP contribution in [0.5, 0.6) is 17.2 Å². The molecule has 0 amide bonds. The Morgan fingerprint density at radius 3 is 2.17 bits per heavy atom. The lowest BCUT2D eigenvalue weighted by Gasteiger charge is -2.10. The summed E-state index contributed by atoms with van der Waals surface area (Å²) in [6.45, 7) is 0.333. The maximum Gasteiger partial charge on any atom is 0.336 e. The topological polar surface area (TPSA) is 82.1 Å². The van der Waals surface area contributed by atoms with Gasteiger partial charge in [-0.3, -0.25) is 4.79 Å². The van der Waals surface area contributed by atoms with E-state index in [1.807, 2.05) is 0 Å². The zero-order valence-corrected chi connectivity index (χ0v) is 14.5. The zero-order valence-electron chi connectivity index (χ0n) is 12.8. The Morgan fingerprint density at radius 1 is 1.00 bits per heavy atom. The van der Waals surface area contributed by atoms with Crippen LogP contribution in [0.25, 0.3) is 0 Å². The Balaban J connectivity index is 2.24. The highest BCUT2D eigenvalue weighted by Gasteiger charge is 2.14. The van der Waals surface area contributed by atoms with E-state index < -0.39 is 5.97 Å². The van der Waals surface area contributed by atoms with Crippen LogP contribution in [-0.2, 0) is 4.79 Å². The Labute approximate surface area is 146 Å². The molecule has 0 aromatic heterocycles. The molecule has 8 heteroatoms. The van der Waals surface area contributed by atoms with E-state index >= 15 is 0 Å². The quantitative estimate of drug-likeness (QED) is 0.559. The first-order valence-corrected chi connectivity index (χ1v) is 8.78. The molecule has 0 bridgehead atoms. The molecule has 0 atom stereocenters. The third-order valence-electron chi connectivity index (χ3n) is 2.96. The summed E-state index contributed by atoms with van der Waals surface area (Å²) < 4.78 is 15.1. The van der Waals surface area contributed by atoms with Crippen LogP contribution in [0.3, 0.4) is 0 Å². The van der Waals surface area contributed by atoms with Gasteiger partial charge in [-0.05, 0) is 41.1 Å². The van der Waals surface area contributed by atoms with Gasteiger partial charge in [-0.25, -0.2) is 4.79 Å². The van der Waals surface area contributed by atoms with Crippen molar-refractivity contribution in [1.82, 2.24) is 0 Å². The fourth-order valence-corrected chi connectivity index (χ4v) is 4.03. The predicted octanol–water partition coefficient (Wildman–Crippen LogP) is 3.74. The molecule has 1 N–H and O–H groups in total. The molecule has 0 saturated heterocycles. The monoisotopic (exact) mass is 366 g/mol. The van der Waals surface area contributed by atoms with Crippen LogP contribution in [0.15, 0.2) is 46.2 Å². The lowest BCUT2D eigenvalue weighted by Crippen LogP contribution is -1.99.